The molecular weight excluding hydrogens is 392 g/mol. The highest BCUT2D eigenvalue weighted by Crippen LogP contribution is 2.60. The summed E-state index contributed by atoms with van der Waals surface area (Å²) < 4.78 is 30.3. The predicted molar refractivity (Wildman–Crippen MR) is 111 cm³/mol. The summed E-state index contributed by atoms with van der Waals surface area (Å²) in [6.45, 7) is 4.00. The molecule has 4 aliphatic rings. The van der Waals surface area contributed by atoms with Crippen LogP contribution in [-0.2, 0) is 5.41 Å². The van der Waals surface area contributed by atoms with Gasteiger partial charge in [0.25, 0.3) is 12.0 Å². The van der Waals surface area contributed by atoms with Crippen LogP contribution in [0.25, 0.3) is 11.0 Å². The first-order chi connectivity index (χ1) is 13.8. The SMILES string of the molecule is CC[C@@H](C)n1c(=S)[nH]c(=O)c2c(C(F)F)cc(C34CC5CC(CC(C5)C3)C4)nc21. The van der Waals surface area contributed by atoms with E-state index < -0.39 is 12.0 Å². The summed E-state index contributed by atoms with van der Waals surface area (Å²) in [4.78, 5) is 20.2. The fraction of sp³-hybridized carbons (Fsp3) is 0.682. The quantitative estimate of drug-likeness (QED) is 0.634. The van der Waals surface area contributed by atoms with E-state index in [0.717, 1.165) is 31.4 Å². The molecule has 0 unspecified atom stereocenters. The molecule has 6 rings (SSSR count). The molecule has 29 heavy (non-hydrogen) atoms. The maximum atomic E-state index is 14.1. The number of pyridine rings is 1. The molecule has 2 heterocycles. The van der Waals surface area contributed by atoms with Gasteiger partial charge in [-0.15, -0.1) is 0 Å². The molecule has 4 bridgehead atoms. The minimum atomic E-state index is -2.73. The molecule has 0 radical (unpaired) electrons. The third-order valence-corrected chi connectivity index (χ3v) is 8.07. The first-order valence-electron chi connectivity index (χ1n) is 10.8. The molecule has 0 spiro atoms. The molecule has 0 aliphatic heterocycles. The highest BCUT2D eigenvalue weighted by atomic mass is 32.1. The first kappa shape index (κ1) is 19.3. The van der Waals surface area contributed by atoms with Gasteiger partial charge in [0.15, 0.2) is 4.77 Å². The van der Waals surface area contributed by atoms with Gasteiger partial charge in [-0.05, 0) is 87.9 Å². The van der Waals surface area contributed by atoms with Crippen molar-refractivity contribution < 1.29 is 8.78 Å². The number of fused-ring (bicyclic) bond motifs is 1. The van der Waals surface area contributed by atoms with Gasteiger partial charge in [-0.1, -0.05) is 6.92 Å². The Balaban J connectivity index is 1.80. The minimum Gasteiger partial charge on any atom is -0.300 e. The van der Waals surface area contributed by atoms with E-state index >= 15 is 0 Å². The Bertz CT molecular complexity index is 1050. The van der Waals surface area contributed by atoms with Crippen molar-refractivity contribution in [3.8, 4) is 0 Å². The summed E-state index contributed by atoms with van der Waals surface area (Å²) in [5.74, 6) is 2.05. The van der Waals surface area contributed by atoms with Crippen LogP contribution in [0.2, 0.25) is 0 Å². The fourth-order valence-corrected chi connectivity index (χ4v) is 7.09. The molecule has 2 aromatic rings. The van der Waals surface area contributed by atoms with Crippen molar-refractivity contribution in [2.24, 2.45) is 17.8 Å². The second-order valence-corrected chi connectivity index (χ2v) is 10.1. The molecule has 0 amide bonds. The largest absolute Gasteiger partial charge is 0.300 e. The summed E-state index contributed by atoms with van der Waals surface area (Å²) in [5, 5.41) is -0.0117. The van der Waals surface area contributed by atoms with E-state index in [2.05, 4.69) is 4.98 Å². The molecule has 4 fully saturated rings. The third-order valence-electron chi connectivity index (χ3n) is 7.77. The molecule has 4 aliphatic carbocycles. The third kappa shape index (κ3) is 2.91. The molecule has 2 aromatic heterocycles. The highest BCUT2D eigenvalue weighted by Gasteiger charge is 2.52. The number of hydrogen-bond donors (Lipinski definition) is 1. The normalized spacial score (nSPS) is 31.7. The van der Waals surface area contributed by atoms with Crippen LogP contribution in [-0.4, -0.2) is 14.5 Å². The monoisotopic (exact) mass is 419 g/mol. The number of rotatable bonds is 4. The molecule has 0 saturated heterocycles. The maximum Gasteiger partial charge on any atom is 0.264 e. The van der Waals surface area contributed by atoms with Gasteiger partial charge in [-0.2, -0.15) is 0 Å². The molecule has 4 nitrogen and oxygen atoms in total. The lowest BCUT2D eigenvalue weighted by molar-refractivity contribution is -0.00723. The average molecular weight is 420 g/mol. The zero-order chi connectivity index (χ0) is 20.5. The van der Waals surface area contributed by atoms with Gasteiger partial charge >= 0.3 is 0 Å². The van der Waals surface area contributed by atoms with Crippen molar-refractivity contribution in [2.45, 2.75) is 76.7 Å². The van der Waals surface area contributed by atoms with Gasteiger partial charge in [-0.3, -0.25) is 14.3 Å². The van der Waals surface area contributed by atoms with Crippen molar-refractivity contribution >= 4 is 23.3 Å². The molecule has 0 aromatic carbocycles. The number of halogens is 2. The Labute approximate surface area is 173 Å². The van der Waals surface area contributed by atoms with Crippen LogP contribution in [0.4, 0.5) is 8.78 Å². The minimum absolute atomic E-state index is 0.0117. The summed E-state index contributed by atoms with van der Waals surface area (Å²) in [6.07, 6.45) is 4.97. The van der Waals surface area contributed by atoms with Gasteiger partial charge in [0.2, 0.25) is 0 Å². The van der Waals surface area contributed by atoms with Gasteiger partial charge in [0.1, 0.15) is 5.65 Å². The zero-order valence-electron chi connectivity index (χ0n) is 16.9. The molecule has 4 saturated carbocycles. The maximum absolute atomic E-state index is 14.1. The summed E-state index contributed by atoms with van der Waals surface area (Å²) in [6, 6.07) is 1.51. The molecule has 1 N–H and O–H groups in total. The smallest absolute Gasteiger partial charge is 0.264 e. The van der Waals surface area contributed by atoms with E-state index in [4.69, 9.17) is 17.2 Å². The van der Waals surface area contributed by atoms with E-state index in [0.29, 0.717) is 23.4 Å². The topological polar surface area (TPSA) is 50.7 Å². The molecular formula is C22H27F2N3OS. The number of alkyl halides is 2. The lowest BCUT2D eigenvalue weighted by atomic mass is 9.48. The summed E-state index contributed by atoms with van der Waals surface area (Å²) in [7, 11) is 0. The lowest BCUT2D eigenvalue weighted by Gasteiger charge is -2.56. The number of nitrogens with zero attached hydrogens (tertiary/aromatic N) is 2. The molecule has 1 atom stereocenters. The van der Waals surface area contributed by atoms with Crippen LogP contribution >= 0.6 is 12.2 Å². The second kappa shape index (κ2) is 6.69. The number of hydrogen-bond acceptors (Lipinski definition) is 3. The van der Waals surface area contributed by atoms with Crippen LogP contribution in [0.5, 0.6) is 0 Å². The Morgan fingerprint density at radius 3 is 2.34 bits per heavy atom. The van der Waals surface area contributed by atoms with Crippen LogP contribution < -0.4 is 5.56 Å². The lowest BCUT2D eigenvalue weighted by Crippen LogP contribution is -2.49. The number of nitrogens with one attached hydrogen (secondary N) is 1. The van der Waals surface area contributed by atoms with Crippen molar-refractivity contribution in [3.05, 3.63) is 32.4 Å². The van der Waals surface area contributed by atoms with Crippen molar-refractivity contribution in [1.29, 1.82) is 0 Å². The Morgan fingerprint density at radius 2 is 1.83 bits per heavy atom. The number of aromatic amines is 1. The number of H-pyrrole nitrogens is 1. The second-order valence-electron chi connectivity index (χ2n) is 9.68. The van der Waals surface area contributed by atoms with Gasteiger partial charge in [-0.25, -0.2) is 13.8 Å². The fourth-order valence-electron chi connectivity index (χ4n) is 6.73. The average Bonchev–Trinajstić information content (AvgIpc) is 2.65. The summed E-state index contributed by atoms with van der Waals surface area (Å²) in [5.41, 5.74) is 0.205. The first-order valence-corrected chi connectivity index (χ1v) is 11.2. The Hall–Kier alpha value is -1.63. The van der Waals surface area contributed by atoms with Gasteiger partial charge < -0.3 is 0 Å². The summed E-state index contributed by atoms with van der Waals surface area (Å²) >= 11 is 5.41. The van der Waals surface area contributed by atoms with E-state index in [1.165, 1.54) is 19.3 Å². The van der Waals surface area contributed by atoms with E-state index in [9.17, 15) is 13.6 Å². The van der Waals surface area contributed by atoms with Gasteiger partial charge in [0.05, 0.1) is 5.39 Å². The van der Waals surface area contributed by atoms with Crippen molar-refractivity contribution in [1.82, 2.24) is 14.5 Å². The zero-order valence-corrected chi connectivity index (χ0v) is 17.7. The van der Waals surface area contributed by atoms with Crippen molar-refractivity contribution in [3.63, 3.8) is 0 Å². The van der Waals surface area contributed by atoms with E-state index in [1.54, 1.807) is 10.6 Å². The Kier molecular flexibility index (Phi) is 4.46. The van der Waals surface area contributed by atoms with Crippen molar-refractivity contribution in [2.75, 3.05) is 0 Å². The van der Waals surface area contributed by atoms with Crippen LogP contribution in [0, 0.1) is 22.5 Å². The molecule has 156 valence electrons. The highest BCUT2D eigenvalue weighted by molar-refractivity contribution is 7.71. The standard InChI is InChI=1S/C22H27F2N3OS/c1-3-11(2)27-19-17(20(28)26-21(27)29)15(18(23)24)7-16(25-19)22-8-12-4-13(9-22)6-14(5-12)10-22/h7,11-14,18H,3-6,8-10H2,1-2H3,(H,26,28,29)/t11-,12?,13?,14?,22?/m1/s1. The van der Waals surface area contributed by atoms with Gasteiger partial charge in [0, 0.05) is 22.7 Å². The Morgan fingerprint density at radius 1 is 1.24 bits per heavy atom. The van der Waals surface area contributed by atoms with E-state index in [1.807, 2.05) is 13.8 Å². The predicted octanol–water partition coefficient (Wildman–Crippen LogP) is 5.83. The number of aromatic nitrogens is 3. The van der Waals surface area contributed by atoms with Crippen LogP contribution in [0.15, 0.2) is 10.9 Å². The molecule has 7 heteroatoms. The van der Waals surface area contributed by atoms with Crippen LogP contribution in [0.1, 0.15) is 82.5 Å². The van der Waals surface area contributed by atoms with Crippen LogP contribution in [0.3, 0.4) is 0 Å². The van der Waals surface area contributed by atoms with E-state index in [-0.39, 0.29) is 27.2 Å².